The topological polar surface area (TPSA) is 64.0 Å². The lowest BCUT2D eigenvalue weighted by molar-refractivity contribution is 0.601. The van der Waals surface area contributed by atoms with Gasteiger partial charge in [0.1, 0.15) is 5.82 Å². The summed E-state index contributed by atoms with van der Waals surface area (Å²) < 4.78 is 43.6. The number of fused-ring (bicyclic) bond motifs is 1. The Morgan fingerprint density at radius 3 is 2.45 bits per heavy atom. The summed E-state index contributed by atoms with van der Waals surface area (Å²) in [5.74, 6) is -0.416. The van der Waals surface area contributed by atoms with Crippen molar-refractivity contribution >= 4 is 50.5 Å². The van der Waals surface area contributed by atoms with Gasteiger partial charge in [-0.05, 0) is 54.4 Å². The Kier molecular flexibility index (Phi) is 6.59. The quantitative estimate of drug-likeness (QED) is 0.398. The molecule has 0 saturated carbocycles. The summed E-state index contributed by atoms with van der Waals surface area (Å²) in [5.41, 5.74) is 2.28. The van der Waals surface area contributed by atoms with Crippen LogP contribution in [0.15, 0.2) is 65.6 Å². The van der Waals surface area contributed by atoms with Gasteiger partial charge in [0.2, 0.25) is 0 Å². The van der Waals surface area contributed by atoms with Gasteiger partial charge >= 0.3 is 0 Å². The van der Waals surface area contributed by atoms with Crippen LogP contribution < -0.4 is 4.72 Å². The Balaban J connectivity index is 0.00000272. The molecule has 0 fully saturated rings. The zero-order valence-electron chi connectivity index (χ0n) is 16.8. The van der Waals surface area contributed by atoms with Crippen LogP contribution in [-0.4, -0.2) is 18.2 Å². The average Bonchev–Trinajstić information content (AvgIpc) is 2.97. The molecule has 1 N–H and O–H groups in total. The van der Waals surface area contributed by atoms with Crippen LogP contribution in [0.5, 0.6) is 0 Å². The predicted octanol–water partition coefficient (Wildman–Crippen LogP) is 5.72. The van der Waals surface area contributed by atoms with Gasteiger partial charge in [-0.2, -0.15) is 5.10 Å². The molecule has 0 saturated heterocycles. The number of hydrogen-bond donors (Lipinski definition) is 1. The van der Waals surface area contributed by atoms with E-state index in [1.54, 1.807) is 42.8 Å². The van der Waals surface area contributed by atoms with E-state index in [0.717, 1.165) is 10.8 Å². The van der Waals surface area contributed by atoms with E-state index in [1.807, 2.05) is 24.3 Å². The number of anilines is 1. The third-order valence-corrected chi connectivity index (χ3v) is 6.68. The van der Waals surface area contributed by atoms with Crippen molar-refractivity contribution in [3.63, 3.8) is 0 Å². The van der Waals surface area contributed by atoms with Crippen molar-refractivity contribution in [3.8, 4) is 0 Å². The summed E-state index contributed by atoms with van der Waals surface area (Å²) in [6.07, 6.45) is 0. The second kappa shape index (κ2) is 8.86. The number of hydrogen-bond acceptors (Lipinski definition) is 3. The van der Waals surface area contributed by atoms with E-state index in [9.17, 15) is 12.8 Å². The van der Waals surface area contributed by atoms with Gasteiger partial charge in [0.25, 0.3) is 10.0 Å². The van der Waals surface area contributed by atoms with E-state index >= 15 is 0 Å². The van der Waals surface area contributed by atoms with Crippen molar-refractivity contribution in [1.82, 2.24) is 9.78 Å². The van der Waals surface area contributed by atoms with Crippen LogP contribution in [0.4, 0.5) is 10.1 Å². The highest BCUT2D eigenvalue weighted by molar-refractivity contribution is 7.92. The smallest absolute Gasteiger partial charge is 0.262 e. The Morgan fingerprint density at radius 2 is 1.74 bits per heavy atom. The molecule has 0 atom stereocenters. The summed E-state index contributed by atoms with van der Waals surface area (Å²) in [5, 5.41) is 6.54. The number of halogens is 3. The summed E-state index contributed by atoms with van der Waals surface area (Å²) in [6.45, 7) is 3.80. The number of nitrogens with zero attached hydrogens (tertiary/aromatic N) is 2. The van der Waals surface area contributed by atoms with Crippen LogP contribution in [0.1, 0.15) is 17.0 Å². The standard InChI is InChI=1S/C22H19ClFN3O2S.ClH/c1-14-22(15(2)27(25-14)13-18-7-9-19(24)12-21(18)23)26-30(28,29)20-10-8-16-5-3-4-6-17(16)11-20;/h3-12,26H,13H2,1-2H3;1H. The Morgan fingerprint density at radius 1 is 1.03 bits per heavy atom. The van der Waals surface area contributed by atoms with E-state index in [-0.39, 0.29) is 17.3 Å². The highest BCUT2D eigenvalue weighted by atomic mass is 35.5. The maximum absolute atomic E-state index is 13.3. The van der Waals surface area contributed by atoms with E-state index in [2.05, 4.69) is 9.82 Å². The lowest BCUT2D eigenvalue weighted by atomic mass is 10.1. The highest BCUT2D eigenvalue weighted by Crippen LogP contribution is 2.27. The third kappa shape index (κ3) is 4.69. The normalized spacial score (nSPS) is 11.4. The van der Waals surface area contributed by atoms with E-state index in [1.165, 1.54) is 12.1 Å². The van der Waals surface area contributed by atoms with E-state index in [0.29, 0.717) is 34.2 Å². The van der Waals surface area contributed by atoms with Crippen molar-refractivity contribution in [2.24, 2.45) is 0 Å². The highest BCUT2D eigenvalue weighted by Gasteiger charge is 2.20. The number of sulfonamides is 1. The molecule has 3 aromatic carbocycles. The number of rotatable bonds is 5. The zero-order valence-corrected chi connectivity index (χ0v) is 19.2. The van der Waals surface area contributed by atoms with Crippen molar-refractivity contribution in [2.75, 3.05) is 4.72 Å². The van der Waals surface area contributed by atoms with Crippen molar-refractivity contribution in [2.45, 2.75) is 25.3 Å². The van der Waals surface area contributed by atoms with Crippen LogP contribution >= 0.6 is 24.0 Å². The van der Waals surface area contributed by atoms with Gasteiger partial charge in [0, 0.05) is 5.02 Å². The molecule has 162 valence electrons. The van der Waals surface area contributed by atoms with Crippen LogP contribution in [0.3, 0.4) is 0 Å². The van der Waals surface area contributed by atoms with Gasteiger partial charge < -0.3 is 0 Å². The molecule has 0 amide bonds. The van der Waals surface area contributed by atoms with Crippen LogP contribution in [0.2, 0.25) is 5.02 Å². The second-order valence-corrected chi connectivity index (χ2v) is 9.14. The first-order valence-electron chi connectivity index (χ1n) is 9.24. The number of aromatic nitrogens is 2. The van der Waals surface area contributed by atoms with E-state index in [4.69, 9.17) is 11.6 Å². The average molecular weight is 480 g/mol. The van der Waals surface area contributed by atoms with Crippen LogP contribution in [-0.2, 0) is 16.6 Å². The van der Waals surface area contributed by atoms with Crippen molar-refractivity contribution in [3.05, 3.63) is 88.5 Å². The fraction of sp³-hybridized carbons (Fsp3) is 0.136. The largest absolute Gasteiger partial charge is 0.276 e. The number of nitrogens with one attached hydrogen (secondary N) is 1. The van der Waals surface area contributed by atoms with Gasteiger partial charge in [-0.1, -0.05) is 48.0 Å². The molecule has 0 bridgehead atoms. The molecule has 4 rings (SSSR count). The molecule has 0 aliphatic rings. The first kappa shape index (κ1) is 23.1. The van der Waals surface area contributed by atoms with Gasteiger partial charge in [0.05, 0.1) is 28.5 Å². The first-order valence-corrected chi connectivity index (χ1v) is 11.1. The molecule has 1 aromatic heterocycles. The minimum atomic E-state index is -3.80. The van der Waals surface area contributed by atoms with Gasteiger partial charge in [0.15, 0.2) is 0 Å². The monoisotopic (exact) mass is 479 g/mol. The predicted molar refractivity (Wildman–Crippen MR) is 124 cm³/mol. The van der Waals surface area contributed by atoms with Gasteiger partial charge in [-0.3, -0.25) is 9.40 Å². The molecule has 0 spiro atoms. The minimum absolute atomic E-state index is 0. The molecule has 0 radical (unpaired) electrons. The van der Waals surface area contributed by atoms with Gasteiger partial charge in [-0.25, -0.2) is 12.8 Å². The van der Waals surface area contributed by atoms with Gasteiger partial charge in [-0.15, -0.1) is 12.4 Å². The van der Waals surface area contributed by atoms with Crippen LogP contribution in [0, 0.1) is 19.7 Å². The summed E-state index contributed by atoms with van der Waals surface area (Å²) in [4.78, 5) is 0.175. The molecular formula is C22H20Cl2FN3O2S. The molecule has 0 aliphatic carbocycles. The molecule has 0 unspecified atom stereocenters. The lowest BCUT2D eigenvalue weighted by Gasteiger charge is -2.10. The summed E-state index contributed by atoms with van der Waals surface area (Å²) >= 11 is 6.12. The first-order chi connectivity index (χ1) is 14.2. The summed E-state index contributed by atoms with van der Waals surface area (Å²) in [6, 6.07) is 16.7. The zero-order chi connectivity index (χ0) is 21.5. The molecule has 0 aliphatic heterocycles. The second-order valence-electron chi connectivity index (χ2n) is 7.05. The number of aryl methyl sites for hydroxylation is 1. The Bertz CT molecular complexity index is 1370. The number of benzene rings is 3. The minimum Gasteiger partial charge on any atom is -0.276 e. The SMILES string of the molecule is Cc1nn(Cc2ccc(F)cc2Cl)c(C)c1NS(=O)(=O)c1ccc2ccccc2c1.Cl. The Hall–Kier alpha value is -2.61. The molecule has 1 heterocycles. The molecule has 9 heteroatoms. The maximum Gasteiger partial charge on any atom is 0.262 e. The fourth-order valence-electron chi connectivity index (χ4n) is 3.34. The maximum atomic E-state index is 13.3. The fourth-order valence-corrected chi connectivity index (χ4v) is 4.78. The molecule has 5 nitrogen and oxygen atoms in total. The van der Waals surface area contributed by atoms with Crippen molar-refractivity contribution in [1.29, 1.82) is 0 Å². The lowest BCUT2D eigenvalue weighted by Crippen LogP contribution is -2.14. The van der Waals surface area contributed by atoms with Crippen LogP contribution in [0.25, 0.3) is 10.8 Å². The molecule has 4 aromatic rings. The Labute approximate surface area is 191 Å². The molecular weight excluding hydrogens is 460 g/mol. The van der Waals surface area contributed by atoms with E-state index < -0.39 is 15.8 Å². The third-order valence-electron chi connectivity index (χ3n) is 4.98. The molecule has 31 heavy (non-hydrogen) atoms. The van der Waals surface area contributed by atoms with Crippen molar-refractivity contribution < 1.29 is 12.8 Å². The summed E-state index contributed by atoms with van der Waals surface area (Å²) in [7, 11) is -3.80.